The molecule has 3 nitrogen and oxygen atoms in total. The molecule has 1 atom stereocenters. The summed E-state index contributed by atoms with van der Waals surface area (Å²) in [5, 5.41) is 8.78. The number of amides is 1. The molecule has 0 aliphatic rings. The van der Waals surface area contributed by atoms with Crippen molar-refractivity contribution in [2.24, 2.45) is 0 Å². The molecule has 0 spiro atoms. The van der Waals surface area contributed by atoms with Gasteiger partial charge in [0.1, 0.15) is 0 Å². The van der Waals surface area contributed by atoms with Crippen molar-refractivity contribution in [1.29, 1.82) is 0 Å². The number of hydrogen-bond acceptors (Lipinski definition) is 2. The molecule has 0 aliphatic carbocycles. The highest BCUT2D eigenvalue weighted by Crippen LogP contribution is 2.58. The summed E-state index contributed by atoms with van der Waals surface area (Å²) in [6, 6.07) is 0. The largest absolute Gasteiger partial charge is 0.384 e. The van der Waals surface area contributed by atoms with E-state index in [-0.39, 0.29) is 0 Å². The number of nitrogens with one attached hydrogen (secondary N) is 1. The van der Waals surface area contributed by atoms with Crippen molar-refractivity contribution >= 4 is 6.41 Å². The number of carbonyl (C=O) groups excluding carboxylic acids is 1. The fourth-order valence-corrected chi connectivity index (χ4v) is 1.09. The van der Waals surface area contributed by atoms with Gasteiger partial charge >= 0.3 is 36.0 Å². The first-order valence-corrected chi connectivity index (χ1v) is 4.97. The van der Waals surface area contributed by atoms with Crippen LogP contribution in [0, 0.1) is 0 Å². The summed E-state index contributed by atoms with van der Waals surface area (Å²) >= 11 is 0. The molecule has 15 heteroatoms. The van der Waals surface area contributed by atoms with Crippen molar-refractivity contribution < 1.29 is 62.6 Å². The standard InChI is InChI=1S/C8H5F12NO2/c9-2(10)4(11,12)6(15,16)8(19,20)7(17,18)5(13,14)3(23)21-1-22/h1-3,23H,(H,21,22). The summed E-state index contributed by atoms with van der Waals surface area (Å²) in [6.45, 7) is 0. The van der Waals surface area contributed by atoms with Crippen molar-refractivity contribution in [2.75, 3.05) is 0 Å². The summed E-state index contributed by atoms with van der Waals surface area (Å²) in [6.07, 6.45) is -10.7. The Morgan fingerprint density at radius 1 is 0.739 bits per heavy atom. The molecule has 1 unspecified atom stereocenters. The number of aliphatic hydroxyl groups is 1. The van der Waals surface area contributed by atoms with Gasteiger partial charge in [0.05, 0.1) is 0 Å². The molecule has 0 saturated carbocycles. The Balaban J connectivity index is 6.11. The number of alkyl halides is 12. The lowest BCUT2D eigenvalue weighted by Crippen LogP contribution is -2.71. The molecule has 0 fully saturated rings. The van der Waals surface area contributed by atoms with Gasteiger partial charge < -0.3 is 10.4 Å². The van der Waals surface area contributed by atoms with E-state index in [1.807, 2.05) is 0 Å². The molecule has 0 radical (unpaired) electrons. The molecule has 2 N–H and O–H groups in total. The van der Waals surface area contributed by atoms with E-state index in [9.17, 15) is 57.5 Å². The minimum Gasteiger partial charge on any atom is -0.368 e. The van der Waals surface area contributed by atoms with Crippen LogP contribution >= 0.6 is 0 Å². The van der Waals surface area contributed by atoms with E-state index in [1.165, 1.54) is 0 Å². The van der Waals surface area contributed by atoms with Crippen molar-refractivity contribution in [2.45, 2.75) is 42.3 Å². The summed E-state index contributed by atoms with van der Waals surface area (Å²) in [5.41, 5.74) is 0. The number of rotatable bonds is 8. The van der Waals surface area contributed by atoms with Gasteiger partial charge in [-0.15, -0.1) is 0 Å². The van der Waals surface area contributed by atoms with Gasteiger partial charge in [-0.1, -0.05) is 0 Å². The zero-order valence-corrected chi connectivity index (χ0v) is 10.1. The third kappa shape index (κ3) is 2.89. The van der Waals surface area contributed by atoms with Gasteiger partial charge in [-0.3, -0.25) is 4.79 Å². The Kier molecular flexibility index (Phi) is 5.54. The summed E-state index contributed by atoms with van der Waals surface area (Å²) in [4.78, 5) is 9.68. The minimum absolute atomic E-state index is 0.408. The van der Waals surface area contributed by atoms with Crippen LogP contribution in [0.4, 0.5) is 52.7 Å². The zero-order chi connectivity index (χ0) is 19.1. The van der Waals surface area contributed by atoms with Crippen LogP contribution in [0.2, 0.25) is 0 Å². The van der Waals surface area contributed by atoms with E-state index in [0.717, 1.165) is 0 Å². The lowest BCUT2D eigenvalue weighted by molar-refractivity contribution is -0.420. The highest BCUT2D eigenvalue weighted by Gasteiger charge is 2.88. The molecule has 138 valence electrons. The summed E-state index contributed by atoms with van der Waals surface area (Å²) in [7, 11) is 0. The van der Waals surface area contributed by atoms with Crippen molar-refractivity contribution in [3.63, 3.8) is 0 Å². The Hall–Kier alpha value is -1.41. The van der Waals surface area contributed by atoms with Crippen LogP contribution in [0.15, 0.2) is 0 Å². The zero-order valence-electron chi connectivity index (χ0n) is 10.1. The van der Waals surface area contributed by atoms with Gasteiger partial charge in [-0.25, -0.2) is 8.78 Å². The molecule has 0 rings (SSSR count). The molecule has 0 aliphatic heterocycles. The van der Waals surface area contributed by atoms with Crippen LogP contribution in [0.5, 0.6) is 0 Å². The second-order valence-corrected chi connectivity index (χ2v) is 3.96. The van der Waals surface area contributed by atoms with Crippen molar-refractivity contribution in [3.8, 4) is 0 Å². The van der Waals surface area contributed by atoms with Crippen molar-refractivity contribution in [3.05, 3.63) is 0 Å². The summed E-state index contributed by atoms with van der Waals surface area (Å²) in [5.74, 6) is -36.6. The summed E-state index contributed by atoms with van der Waals surface area (Å²) < 4.78 is 151. The van der Waals surface area contributed by atoms with Crippen molar-refractivity contribution in [1.82, 2.24) is 5.32 Å². The van der Waals surface area contributed by atoms with Crippen LogP contribution in [0.3, 0.4) is 0 Å². The monoisotopic (exact) mass is 375 g/mol. The highest BCUT2D eigenvalue weighted by molar-refractivity contribution is 5.46. The number of aliphatic hydroxyl groups excluding tert-OH is 1. The maximum atomic E-state index is 13.0. The van der Waals surface area contributed by atoms with E-state index < -0.39 is 48.7 Å². The van der Waals surface area contributed by atoms with Crippen LogP contribution in [-0.4, -0.2) is 53.8 Å². The topological polar surface area (TPSA) is 49.3 Å². The fourth-order valence-electron chi connectivity index (χ4n) is 1.09. The molecular formula is C8H5F12NO2. The second-order valence-electron chi connectivity index (χ2n) is 3.96. The predicted octanol–water partition coefficient (Wildman–Crippen LogP) is 2.49. The highest BCUT2D eigenvalue weighted by atomic mass is 19.4. The Bertz CT molecular complexity index is 437. The smallest absolute Gasteiger partial charge is 0.368 e. The number of hydrogen-bond donors (Lipinski definition) is 2. The average molecular weight is 375 g/mol. The lowest BCUT2D eigenvalue weighted by Gasteiger charge is -2.40. The van der Waals surface area contributed by atoms with Gasteiger partial charge in [-0.05, 0) is 0 Å². The van der Waals surface area contributed by atoms with Gasteiger partial charge in [0.25, 0.3) is 0 Å². The van der Waals surface area contributed by atoms with E-state index >= 15 is 0 Å². The lowest BCUT2D eigenvalue weighted by atomic mass is 9.93. The third-order valence-electron chi connectivity index (χ3n) is 2.47. The van der Waals surface area contributed by atoms with Crippen LogP contribution < -0.4 is 5.32 Å². The molecular weight excluding hydrogens is 370 g/mol. The fraction of sp³-hybridized carbons (Fsp3) is 0.875. The molecule has 0 aromatic carbocycles. The molecule has 0 heterocycles. The molecule has 23 heavy (non-hydrogen) atoms. The number of carbonyl (C=O) groups is 1. The SMILES string of the molecule is O=CNC(O)C(F)(F)C(F)(F)C(F)(F)C(F)(F)C(F)(F)C(F)F. The molecule has 0 aromatic rings. The first-order valence-electron chi connectivity index (χ1n) is 4.97. The first kappa shape index (κ1) is 21.6. The van der Waals surface area contributed by atoms with Crippen LogP contribution in [-0.2, 0) is 4.79 Å². The minimum atomic E-state index is -7.74. The van der Waals surface area contributed by atoms with E-state index in [0.29, 0.717) is 5.32 Å². The normalized spacial score (nSPS) is 16.4. The number of halogens is 12. The van der Waals surface area contributed by atoms with Crippen LogP contribution in [0.1, 0.15) is 0 Å². The van der Waals surface area contributed by atoms with E-state index in [2.05, 4.69) is 0 Å². The maximum Gasteiger partial charge on any atom is 0.384 e. The molecule has 0 bridgehead atoms. The Morgan fingerprint density at radius 2 is 1.09 bits per heavy atom. The van der Waals surface area contributed by atoms with Gasteiger partial charge in [-0.2, -0.15) is 43.9 Å². The average Bonchev–Trinajstić information content (AvgIpc) is 2.37. The second kappa shape index (κ2) is 5.90. The third-order valence-corrected chi connectivity index (χ3v) is 2.47. The predicted molar refractivity (Wildman–Crippen MR) is 45.9 cm³/mol. The van der Waals surface area contributed by atoms with E-state index in [4.69, 9.17) is 5.11 Å². The quantitative estimate of drug-likeness (QED) is 0.389. The first-order chi connectivity index (χ1) is 9.92. The molecule has 0 aromatic heterocycles. The van der Waals surface area contributed by atoms with E-state index in [1.54, 1.807) is 0 Å². The maximum absolute atomic E-state index is 13.0. The van der Waals surface area contributed by atoms with Gasteiger partial charge in [0.2, 0.25) is 6.41 Å². The Morgan fingerprint density at radius 3 is 1.39 bits per heavy atom. The van der Waals surface area contributed by atoms with Crippen LogP contribution in [0.25, 0.3) is 0 Å². The molecule has 0 saturated heterocycles. The van der Waals surface area contributed by atoms with Gasteiger partial charge in [0.15, 0.2) is 6.23 Å². The van der Waals surface area contributed by atoms with Gasteiger partial charge in [0, 0.05) is 0 Å². The molecule has 1 amide bonds. The Labute approximate surface area is 118 Å².